The lowest BCUT2D eigenvalue weighted by molar-refractivity contribution is -0.870. The van der Waals surface area contributed by atoms with E-state index in [1.807, 2.05) is 27.2 Å². The molecule has 3 atom stereocenters. The summed E-state index contributed by atoms with van der Waals surface area (Å²) in [7, 11) is 1.26. The lowest BCUT2D eigenvalue weighted by Crippen LogP contribution is -2.45. The van der Waals surface area contributed by atoms with E-state index in [1.54, 1.807) is 6.08 Å². The number of carbonyl (C=O) groups excluding carboxylic acids is 1. The smallest absolute Gasteiger partial charge is 0.268 e. The lowest BCUT2D eigenvalue weighted by Gasteiger charge is -2.29. The molecule has 1 amide bonds. The molecule has 2 N–H and O–H groups in total. The van der Waals surface area contributed by atoms with Crippen LogP contribution in [0.15, 0.2) is 109 Å². The molecule has 0 aliphatic heterocycles. The summed E-state index contributed by atoms with van der Waals surface area (Å²) >= 11 is 0. The first kappa shape index (κ1) is 79.2. The van der Waals surface area contributed by atoms with Gasteiger partial charge >= 0.3 is 0 Å². The highest BCUT2D eigenvalue weighted by atomic mass is 31.2. The molecule has 0 aromatic carbocycles. The fraction of sp³-hybridized carbons (Fsp3) is 0.740. The molecule has 0 bridgehead atoms. The van der Waals surface area contributed by atoms with Crippen LogP contribution in [0.4, 0.5) is 0 Å². The number of hydrogen-bond donors (Lipinski definition) is 2. The van der Waals surface area contributed by atoms with Crippen molar-refractivity contribution in [1.82, 2.24) is 5.32 Å². The highest BCUT2D eigenvalue weighted by Crippen LogP contribution is 2.38. The predicted octanol–water partition coefficient (Wildman–Crippen LogP) is 21.2. The lowest BCUT2D eigenvalue weighted by atomic mass is 10.0. The number of phosphoric acid groups is 1. The topological polar surface area (TPSA) is 108 Å². The molecule has 0 radical (unpaired) electrons. The van der Waals surface area contributed by atoms with Gasteiger partial charge in [-0.2, -0.15) is 0 Å². The van der Waals surface area contributed by atoms with E-state index >= 15 is 0 Å². The fourth-order valence-electron chi connectivity index (χ4n) is 9.70. The van der Waals surface area contributed by atoms with Crippen LogP contribution in [-0.4, -0.2) is 68.5 Å². The van der Waals surface area contributed by atoms with Crippen LogP contribution in [0.1, 0.15) is 296 Å². The number of rotatable bonds is 62. The standard InChI is InChI=1S/C73H131N2O6P/c1-6-8-10-12-14-16-18-20-22-24-26-27-28-29-30-31-32-33-34-35-36-37-38-39-40-41-42-43-44-45-46-47-49-51-53-55-57-59-61-63-65-67-73(77)74-71(70-81-82(78,79)80-69-68-75(3,4)5)72(76)66-64-62-60-58-56-54-52-50-48-25-23-21-19-17-15-13-11-9-7-2/h8,10,14,16,20,22,26-27,29-30,32-33,35-36,38-39,64,66,71-72,76H,6-7,9,11-13,15,17-19,21,23-25,28,31,34,37,40-63,65,67-70H2,1-5H3,(H-,74,77,78,79)/b10-8-,16-14-,22-20-,27-26-,30-29-,33-32-,36-35-,39-38-,66-64+. The molecule has 3 unspecified atom stereocenters. The summed E-state index contributed by atoms with van der Waals surface area (Å²) in [5, 5.41) is 13.9. The normalized spacial score (nSPS) is 14.4. The molecule has 0 aromatic heterocycles. The zero-order valence-electron chi connectivity index (χ0n) is 54.2. The van der Waals surface area contributed by atoms with Crippen molar-refractivity contribution in [3.63, 3.8) is 0 Å². The summed E-state index contributed by atoms with van der Waals surface area (Å²) in [6.07, 6.45) is 92.0. The van der Waals surface area contributed by atoms with Gasteiger partial charge in [0.2, 0.25) is 5.91 Å². The van der Waals surface area contributed by atoms with E-state index in [1.165, 1.54) is 186 Å². The molecule has 0 saturated heterocycles. The van der Waals surface area contributed by atoms with Crippen molar-refractivity contribution in [2.75, 3.05) is 40.9 Å². The van der Waals surface area contributed by atoms with E-state index in [9.17, 15) is 19.4 Å². The van der Waals surface area contributed by atoms with Gasteiger partial charge in [-0.25, -0.2) is 0 Å². The Morgan fingerprint density at radius 2 is 0.744 bits per heavy atom. The highest BCUT2D eigenvalue weighted by molar-refractivity contribution is 7.45. The molecule has 0 aliphatic rings. The van der Waals surface area contributed by atoms with Crippen LogP contribution in [0, 0.1) is 0 Å². The zero-order valence-corrected chi connectivity index (χ0v) is 55.1. The quantitative estimate of drug-likeness (QED) is 0.0272. The average Bonchev–Trinajstić information content (AvgIpc) is 3.47. The van der Waals surface area contributed by atoms with Gasteiger partial charge in [-0.15, -0.1) is 0 Å². The Kier molecular flexibility index (Phi) is 60.5. The van der Waals surface area contributed by atoms with Crippen LogP contribution in [-0.2, 0) is 18.4 Å². The molecule has 0 aromatic rings. The number of allylic oxidation sites excluding steroid dienone is 17. The molecule has 8 nitrogen and oxygen atoms in total. The summed E-state index contributed by atoms with van der Waals surface area (Å²) in [5.74, 6) is -0.197. The average molecular weight is 1160 g/mol. The first-order chi connectivity index (χ1) is 40.0. The summed E-state index contributed by atoms with van der Waals surface area (Å²) in [6.45, 7) is 4.56. The summed E-state index contributed by atoms with van der Waals surface area (Å²) in [6, 6.07) is -0.892. The largest absolute Gasteiger partial charge is 0.756 e. The second-order valence-corrected chi connectivity index (χ2v) is 25.6. The summed E-state index contributed by atoms with van der Waals surface area (Å²) < 4.78 is 23.4. The predicted molar refractivity (Wildman–Crippen MR) is 357 cm³/mol. The number of likely N-dealkylation sites (N-methyl/N-ethyl adjacent to an activating group) is 1. The van der Waals surface area contributed by atoms with Crippen molar-refractivity contribution in [1.29, 1.82) is 0 Å². The van der Waals surface area contributed by atoms with Crippen molar-refractivity contribution in [3.8, 4) is 0 Å². The van der Waals surface area contributed by atoms with Crippen molar-refractivity contribution in [2.45, 2.75) is 309 Å². The van der Waals surface area contributed by atoms with Crippen molar-refractivity contribution in [3.05, 3.63) is 109 Å². The monoisotopic (exact) mass is 1160 g/mol. The minimum absolute atomic E-state index is 0.00325. The molecule has 474 valence electrons. The van der Waals surface area contributed by atoms with Crippen LogP contribution < -0.4 is 10.2 Å². The fourth-order valence-corrected chi connectivity index (χ4v) is 10.4. The maximum Gasteiger partial charge on any atom is 0.268 e. The molecule has 0 rings (SSSR count). The number of quaternary nitrogens is 1. The van der Waals surface area contributed by atoms with E-state index in [-0.39, 0.29) is 19.1 Å². The van der Waals surface area contributed by atoms with E-state index < -0.39 is 20.0 Å². The Labute approximate surface area is 508 Å². The number of unbranched alkanes of at least 4 members (excludes halogenated alkanes) is 33. The molecule has 0 heterocycles. The molecule has 0 spiro atoms. The van der Waals surface area contributed by atoms with Gasteiger partial charge in [0.15, 0.2) is 0 Å². The van der Waals surface area contributed by atoms with E-state index in [0.717, 1.165) is 89.9 Å². The molecule has 0 fully saturated rings. The SMILES string of the molecule is CC/C=C\C/C=C\C/C=C\C/C=C\C/C=C\C/C=C\C/C=C\C/C=C\CCCCCCCCCCCCCCCCCCC(=O)NC(COP(=O)([O-])OCC[N+](C)(C)C)C(O)/C=C/CCCCCCCCCCCCCCCCCCC. The van der Waals surface area contributed by atoms with Gasteiger partial charge in [-0.1, -0.05) is 316 Å². The van der Waals surface area contributed by atoms with Gasteiger partial charge < -0.3 is 28.8 Å². The Balaban J connectivity index is 4.02. The van der Waals surface area contributed by atoms with E-state index in [2.05, 4.69) is 116 Å². The van der Waals surface area contributed by atoms with Crippen LogP contribution in [0.5, 0.6) is 0 Å². The van der Waals surface area contributed by atoms with Crippen molar-refractivity contribution in [2.24, 2.45) is 0 Å². The number of nitrogens with one attached hydrogen (secondary N) is 1. The van der Waals surface area contributed by atoms with Crippen molar-refractivity contribution < 1.29 is 32.9 Å². The third-order valence-electron chi connectivity index (χ3n) is 15.0. The van der Waals surface area contributed by atoms with Crippen LogP contribution >= 0.6 is 7.82 Å². The van der Waals surface area contributed by atoms with Gasteiger partial charge in [-0.3, -0.25) is 9.36 Å². The number of aliphatic hydroxyl groups is 1. The highest BCUT2D eigenvalue weighted by Gasteiger charge is 2.23. The van der Waals surface area contributed by atoms with Crippen LogP contribution in [0.3, 0.4) is 0 Å². The third kappa shape index (κ3) is 64.7. The first-order valence-corrected chi connectivity index (χ1v) is 35.7. The van der Waals surface area contributed by atoms with E-state index in [4.69, 9.17) is 9.05 Å². The number of phosphoric ester groups is 1. The van der Waals surface area contributed by atoms with Crippen LogP contribution in [0.25, 0.3) is 0 Å². The Bertz CT molecular complexity index is 1700. The van der Waals surface area contributed by atoms with Gasteiger partial charge in [0.05, 0.1) is 39.9 Å². The molecular formula is C73H131N2O6P. The van der Waals surface area contributed by atoms with Gasteiger partial charge in [-0.05, 0) is 83.5 Å². The summed E-state index contributed by atoms with van der Waals surface area (Å²) in [4.78, 5) is 25.6. The number of amides is 1. The Morgan fingerprint density at radius 3 is 1.09 bits per heavy atom. The number of hydrogen-bond acceptors (Lipinski definition) is 6. The molecule has 0 aliphatic carbocycles. The maximum absolute atomic E-state index is 13.0. The van der Waals surface area contributed by atoms with Gasteiger partial charge in [0, 0.05) is 6.42 Å². The zero-order chi connectivity index (χ0) is 59.8. The van der Waals surface area contributed by atoms with Crippen LogP contribution in [0.2, 0.25) is 0 Å². The number of nitrogens with zero attached hydrogens (tertiary/aromatic N) is 1. The minimum atomic E-state index is -4.60. The number of aliphatic hydroxyl groups excluding tert-OH is 1. The third-order valence-corrected chi connectivity index (χ3v) is 16.0. The molecule has 0 saturated carbocycles. The van der Waals surface area contributed by atoms with Gasteiger partial charge in [0.25, 0.3) is 7.82 Å². The Hall–Kier alpha value is -2.84. The number of carbonyl (C=O) groups is 1. The maximum atomic E-state index is 13.0. The molecular weight excluding hydrogens is 1030 g/mol. The first-order valence-electron chi connectivity index (χ1n) is 34.2. The molecule has 82 heavy (non-hydrogen) atoms. The minimum Gasteiger partial charge on any atom is -0.756 e. The van der Waals surface area contributed by atoms with E-state index in [0.29, 0.717) is 17.4 Å². The summed E-state index contributed by atoms with van der Waals surface area (Å²) in [5.41, 5.74) is 0. The van der Waals surface area contributed by atoms with Crippen molar-refractivity contribution >= 4 is 13.7 Å². The Morgan fingerprint density at radius 1 is 0.439 bits per heavy atom. The second kappa shape index (κ2) is 62.7. The second-order valence-electron chi connectivity index (χ2n) is 24.2. The molecule has 9 heteroatoms. The van der Waals surface area contributed by atoms with Gasteiger partial charge in [0.1, 0.15) is 13.2 Å².